The van der Waals surface area contributed by atoms with E-state index in [-0.39, 0.29) is 17.2 Å². The van der Waals surface area contributed by atoms with Gasteiger partial charge in [-0.25, -0.2) is 0 Å². The largest absolute Gasteiger partial charge is 0.356 e. The quantitative estimate of drug-likeness (QED) is 0.878. The van der Waals surface area contributed by atoms with Crippen molar-refractivity contribution in [2.24, 2.45) is 5.41 Å². The van der Waals surface area contributed by atoms with Crippen LogP contribution in [0.5, 0.6) is 0 Å². The van der Waals surface area contributed by atoms with Gasteiger partial charge >= 0.3 is 0 Å². The number of carbonyl (C=O) groups excluding carboxylic acids is 2. The second kappa shape index (κ2) is 4.81. The Bertz CT molecular complexity index is 682. The van der Waals surface area contributed by atoms with Crippen molar-refractivity contribution < 1.29 is 9.59 Å². The fraction of sp³-hybridized carbons (Fsp3) is 0.467. The van der Waals surface area contributed by atoms with Crippen LogP contribution in [0.3, 0.4) is 0 Å². The summed E-state index contributed by atoms with van der Waals surface area (Å²) in [5.41, 5.74) is 0.101. The number of fused-ring (bicyclic) bond motifs is 1. The number of nitrogens with zero attached hydrogens (tertiary/aromatic N) is 1. The van der Waals surface area contributed by atoms with Gasteiger partial charge in [0.15, 0.2) is 0 Å². The Morgan fingerprint density at radius 3 is 2.76 bits per heavy atom. The van der Waals surface area contributed by atoms with Gasteiger partial charge in [0.2, 0.25) is 5.91 Å². The number of carbonyl (C=O) groups is 2. The Balaban J connectivity index is 1.47. The normalized spacial score (nSPS) is 21.1. The zero-order valence-corrected chi connectivity index (χ0v) is 13.2. The van der Waals surface area contributed by atoms with E-state index in [2.05, 4.69) is 16.8 Å². The summed E-state index contributed by atoms with van der Waals surface area (Å²) >= 11 is 3.26. The molecular weight excluding hydrogens is 304 g/mol. The van der Waals surface area contributed by atoms with Crippen LogP contribution < -0.4 is 5.32 Å². The van der Waals surface area contributed by atoms with E-state index >= 15 is 0 Å². The molecule has 2 fully saturated rings. The standard InChI is InChI=1S/C15H16N2O2S2/c18-13-8-15(9-16-13)2-4-17(5-3-15)14(19)12-7-11-10(21-12)1-6-20-11/h1,6-7H,2-5,8-9H2,(H,16,18). The van der Waals surface area contributed by atoms with Gasteiger partial charge in [0.05, 0.1) is 4.88 Å². The molecule has 2 amide bonds. The monoisotopic (exact) mass is 320 g/mol. The average molecular weight is 320 g/mol. The van der Waals surface area contributed by atoms with Crippen LogP contribution in [0.1, 0.15) is 28.9 Å². The van der Waals surface area contributed by atoms with Gasteiger partial charge in [-0.15, -0.1) is 22.7 Å². The van der Waals surface area contributed by atoms with Crippen molar-refractivity contribution in [3.8, 4) is 0 Å². The van der Waals surface area contributed by atoms with Crippen LogP contribution in [0.15, 0.2) is 17.5 Å². The van der Waals surface area contributed by atoms with Gasteiger partial charge in [-0.2, -0.15) is 0 Å². The van der Waals surface area contributed by atoms with Gasteiger partial charge in [0.25, 0.3) is 5.91 Å². The van der Waals surface area contributed by atoms with Gasteiger partial charge < -0.3 is 10.2 Å². The third-order valence-corrected chi connectivity index (χ3v) is 6.74. The molecule has 0 atom stereocenters. The Kier molecular flexibility index (Phi) is 3.04. The second-order valence-electron chi connectivity index (χ2n) is 6.01. The van der Waals surface area contributed by atoms with Crippen molar-refractivity contribution in [3.63, 3.8) is 0 Å². The Morgan fingerprint density at radius 1 is 1.29 bits per heavy atom. The van der Waals surface area contributed by atoms with E-state index in [1.54, 1.807) is 22.7 Å². The minimum Gasteiger partial charge on any atom is -0.356 e. The average Bonchev–Trinajstić information content (AvgIpc) is 3.14. The van der Waals surface area contributed by atoms with E-state index in [1.807, 2.05) is 11.0 Å². The van der Waals surface area contributed by atoms with Crippen molar-refractivity contribution >= 4 is 43.9 Å². The number of hydrogen-bond donors (Lipinski definition) is 1. The summed E-state index contributed by atoms with van der Waals surface area (Å²) in [5, 5.41) is 4.99. The summed E-state index contributed by atoms with van der Waals surface area (Å²) in [4.78, 5) is 26.8. The molecule has 0 bridgehead atoms. The predicted molar refractivity (Wildman–Crippen MR) is 84.9 cm³/mol. The van der Waals surface area contributed by atoms with Crippen molar-refractivity contribution in [1.29, 1.82) is 0 Å². The van der Waals surface area contributed by atoms with Gasteiger partial charge in [0.1, 0.15) is 0 Å². The first-order chi connectivity index (χ1) is 10.2. The van der Waals surface area contributed by atoms with Crippen molar-refractivity contribution in [2.75, 3.05) is 19.6 Å². The van der Waals surface area contributed by atoms with Crippen LogP contribution in [-0.4, -0.2) is 36.3 Å². The fourth-order valence-corrected chi connectivity index (χ4v) is 5.39. The number of hydrogen-bond acceptors (Lipinski definition) is 4. The highest BCUT2D eigenvalue weighted by atomic mass is 32.1. The van der Waals surface area contributed by atoms with Crippen LogP contribution >= 0.6 is 22.7 Å². The topological polar surface area (TPSA) is 49.4 Å². The number of nitrogens with one attached hydrogen (secondary N) is 1. The number of likely N-dealkylation sites (tertiary alicyclic amines) is 1. The molecular formula is C15H16N2O2S2. The van der Waals surface area contributed by atoms with Crippen LogP contribution in [-0.2, 0) is 4.79 Å². The van der Waals surface area contributed by atoms with Gasteiger partial charge in [-0.1, -0.05) is 0 Å². The molecule has 2 aromatic rings. The molecule has 1 spiro atoms. The molecule has 0 aromatic carbocycles. The lowest BCUT2D eigenvalue weighted by atomic mass is 9.77. The molecule has 2 saturated heterocycles. The molecule has 2 aliphatic rings. The summed E-state index contributed by atoms with van der Waals surface area (Å²) in [5.74, 6) is 0.309. The third kappa shape index (κ3) is 2.26. The Morgan fingerprint density at radius 2 is 2.10 bits per heavy atom. The maximum atomic E-state index is 12.6. The van der Waals surface area contributed by atoms with Crippen molar-refractivity contribution in [2.45, 2.75) is 19.3 Å². The fourth-order valence-electron chi connectivity index (χ4n) is 3.32. The predicted octanol–water partition coefficient (Wildman–Crippen LogP) is 2.71. The SMILES string of the molecule is O=C1CC2(CCN(C(=O)c3cc4sccc4s3)CC2)CN1. The lowest BCUT2D eigenvalue weighted by molar-refractivity contribution is -0.119. The van der Waals surface area contributed by atoms with Crippen molar-refractivity contribution in [1.82, 2.24) is 10.2 Å². The maximum absolute atomic E-state index is 12.6. The van der Waals surface area contributed by atoms with Gasteiger partial charge in [0, 0.05) is 35.5 Å². The van der Waals surface area contributed by atoms with Crippen molar-refractivity contribution in [3.05, 3.63) is 22.4 Å². The third-order valence-electron chi connectivity index (χ3n) is 4.66. The summed E-state index contributed by atoms with van der Waals surface area (Å²) in [7, 11) is 0. The second-order valence-corrected chi connectivity index (χ2v) is 8.04. The van der Waals surface area contributed by atoms with Crippen LogP contribution in [0.25, 0.3) is 9.40 Å². The number of thiophene rings is 2. The Hall–Kier alpha value is -1.40. The first kappa shape index (κ1) is 13.3. The summed E-state index contributed by atoms with van der Waals surface area (Å²) in [6.07, 6.45) is 2.48. The molecule has 0 unspecified atom stereocenters. The van der Waals surface area contributed by atoms with Crippen LogP contribution in [0, 0.1) is 5.41 Å². The molecule has 6 heteroatoms. The first-order valence-electron chi connectivity index (χ1n) is 7.18. The van der Waals surface area contributed by atoms with Crippen LogP contribution in [0.4, 0.5) is 0 Å². The maximum Gasteiger partial charge on any atom is 0.263 e. The smallest absolute Gasteiger partial charge is 0.263 e. The molecule has 2 aromatic heterocycles. The minimum atomic E-state index is 0.101. The number of piperidine rings is 1. The molecule has 4 nitrogen and oxygen atoms in total. The zero-order chi connectivity index (χ0) is 14.4. The zero-order valence-electron chi connectivity index (χ0n) is 11.6. The van der Waals surface area contributed by atoms with E-state index in [9.17, 15) is 9.59 Å². The summed E-state index contributed by atoms with van der Waals surface area (Å²) in [6.45, 7) is 2.31. The molecule has 21 heavy (non-hydrogen) atoms. The lowest BCUT2D eigenvalue weighted by Crippen LogP contribution is -2.43. The Labute approximate surface area is 130 Å². The molecule has 1 N–H and O–H groups in total. The number of rotatable bonds is 1. The lowest BCUT2D eigenvalue weighted by Gasteiger charge is -2.38. The molecule has 0 saturated carbocycles. The van der Waals surface area contributed by atoms with E-state index in [4.69, 9.17) is 0 Å². The highest BCUT2D eigenvalue weighted by Crippen LogP contribution is 2.38. The van der Waals surface area contributed by atoms with E-state index in [0.29, 0.717) is 6.42 Å². The minimum absolute atomic E-state index is 0.101. The molecule has 4 rings (SSSR count). The highest BCUT2D eigenvalue weighted by Gasteiger charge is 2.41. The molecule has 0 aliphatic carbocycles. The highest BCUT2D eigenvalue weighted by molar-refractivity contribution is 7.27. The van der Waals surface area contributed by atoms with E-state index in [0.717, 1.165) is 37.4 Å². The molecule has 4 heterocycles. The summed E-state index contributed by atoms with van der Waals surface area (Å²) in [6, 6.07) is 4.08. The molecule has 0 radical (unpaired) electrons. The van der Waals surface area contributed by atoms with E-state index in [1.165, 1.54) is 9.40 Å². The van der Waals surface area contributed by atoms with E-state index < -0.39 is 0 Å². The first-order valence-corrected chi connectivity index (χ1v) is 8.88. The van der Waals surface area contributed by atoms with Gasteiger partial charge in [-0.05, 0) is 35.8 Å². The molecule has 2 aliphatic heterocycles. The number of amides is 2. The summed E-state index contributed by atoms with van der Waals surface area (Å²) < 4.78 is 2.39. The molecule has 110 valence electrons. The van der Waals surface area contributed by atoms with Crippen LogP contribution in [0.2, 0.25) is 0 Å². The van der Waals surface area contributed by atoms with Gasteiger partial charge in [-0.3, -0.25) is 9.59 Å².